The first-order chi connectivity index (χ1) is 5.40. The molecule has 3 N–H and O–H groups in total. The van der Waals surface area contributed by atoms with Crippen molar-refractivity contribution in [3.05, 3.63) is 0 Å². The topological polar surface area (TPSA) is 41.3 Å². The van der Waals surface area contributed by atoms with Crippen molar-refractivity contribution >= 4 is 0 Å². The molecule has 3 nitrogen and oxygen atoms in total. The minimum absolute atomic E-state index is 0.735. The van der Waals surface area contributed by atoms with E-state index in [9.17, 15) is 0 Å². The summed E-state index contributed by atoms with van der Waals surface area (Å²) in [5, 5.41) is 3.41. The average molecular weight is 155 g/mol. The third kappa shape index (κ3) is 1.72. The molecule has 64 valence electrons. The summed E-state index contributed by atoms with van der Waals surface area (Å²) in [5.74, 6) is 0. The normalized spacial score (nSPS) is 27.0. The maximum atomic E-state index is 5.39. The van der Waals surface area contributed by atoms with Gasteiger partial charge in [0.25, 0.3) is 0 Å². The van der Waals surface area contributed by atoms with Gasteiger partial charge in [0, 0.05) is 38.3 Å². The van der Waals surface area contributed by atoms with Crippen LogP contribution in [0.2, 0.25) is 0 Å². The van der Waals surface area contributed by atoms with Gasteiger partial charge in [0.15, 0.2) is 0 Å². The Kier molecular flexibility index (Phi) is 2.11. The van der Waals surface area contributed by atoms with Crippen LogP contribution in [0.3, 0.4) is 0 Å². The Bertz CT molecular complexity index is 127. The molecule has 0 unspecified atom stereocenters. The number of nitrogens with two attached hydrogens (primary N) is 1. The van der Waals surface area contributed by atoms with Crippen molar-refractivity contribution in [3.63, 3.8) is 0 Å². The van der Waals surface area contributed by atoms with E-state index in [1.807, 2.05) is 0 Å². The lowest BCUT2D eigenvalue weighted by Gasteiger charge is -2.40. The SMILES string of the molecule is NCCNC1CN(C2CC2)C1. The van der Waals surface area contributed by atoms with Gasteiger partial charge >= 0.3 is 0 Å². The summed E-state index contributed by atoms with van der Waals surface area (Å²) in [7, 11) is 0. The minimum atomic E-state index is 0.735. The zero-order valence-corrected chi connectivity index (χ0v) is 6.92. The summed E-state index contributed by atoms with van der Waals surface area (Å²) in [6.45, 7) is 4.25. The molecule has 1 saturated carbocycles. The molecule has 2 rings (SSSR count). The second-order valence-electron chi connectivity index (χ2n) is 3.62. The Morgan fingerprint density at radius 3 is 2.64 bits per heavy atom. The highest BCUT2D eigenvalue weighted by Gasteiger charge is 2.37. The van der Waals surface area contributed by atoms with Crippen LogP contribution in [-0.2, 0) is 0 Å². The number of rotatable bonds is 4. The molecule has 0 aromatic heterocycles. The third-order valence-electron chi connectivity index (χ3n) is 2.55. The molecule has 2 aliphatic rings. The maximum Gasteiger partial charge on any atom is 0.0323 e. The number of hydrogen-bond acceptors (Lipinski definition) is 3. The lowest BCUT2D eigenvalue weighted by molar-refractivity contribution is 0.118. The molecule has 11 heavy (non-hydrogen) atoms. The number of nitrogens with zero attached hydrogens (tertiary/aromatic N) is 1. The Hall–Kier alpha value is -0.120. The molecule has 1 aliphatic carbocycles. The van der Waals surface area contributed by atoms with E-state index >= 15 is 0 Å². The molecule has 1 aliphatic heterocycles. The fourth-order valence-electron chi connectivity index (χ4n) is 1.67. The van der Waals surface area contributed by atoms with E-state index in [1.165, 1.54) is 25.9 Å². The summed E-state index contributed by atoms with van der Waals surface area (Å²) >= 11 is 0. The summed E-state index contributed by atoms with van der Waals surface area (Å²) in [6.07, 6.45) is 2.87. The van der Waals surface area contributed by atoms with Gasteiger partial charge in [-0.1, -0.05) is 0 Å². The van der Waals surface area contributed by atoms with Crippen LogP contribution in [0, 0.1) is 0 Å². The maximum absolute atomic E-state index is 5.39. The highest BCUT2D eigenvalue weighted by molar-refractivity contribution is 4.95. The molecule has 3 heteroatoms. The second kappa shape index (κ2) is 3.09. The molecule has 0 aromatic rings. The second-order valence-corrected chi connectivity index (χ2v) is 3.62. The molecule has 0 spiro atoms. The first-order valence-corrected chi connectivity index (χ1v) is 4.57. The first kappa shape index (κ1) is 7.53. The molecular weight excluding hydrogens is 138 g/mol. The molecule has 0 bridgehead atoms. The van der Waals surface area contributed by atoms with E-state index in [4.69, 9.17) is 5.73 Å². The largest absolute Gasteiger partial charge is 0.329 e. The summed E-state index contributed by atoms with van der Waals surface area (Å²) in [6, 6.07) is 1.69. The Morgan fingerprint density at radius 2 is 2.09 bits per heavy atom. The average Bonchev–Trinajstić information content (AvgIpc) is 2.68. The molecule has 2 fully saturated rings. The number of hydrogen-bond donors (Lipinski definition) is 2. The molecule has 1 saturated heterocycles. The summed E-state index contributed by atoms with van der Waals surface area (Å²) in [5.41, 5.74) is 5.39. The van der Waals surface area contributed by atoms with E-state index in [-0.39, 0.29) is 0 Å². The molecule has 0 aromatic carbocycles. The highest BCUT2D eigenvalue weighted by Crippen LogP contribution is 2.30. The molecule has 1 heterocycles. The van der Waals surface area contributed by atoms with E-state index in [2.05, 4.69) is 10.2 Å². The van der Waals surface area contributed by atoms with E-state index in [0.717, 1.165) is 25.2 Å². The van der Waals surface area contributed by atoms with Gasteiger partial charge in [0.1, 0.15) is 0 Å². The van der Waals surface area contributed by atoms with Crippen LogP contribution in [0.25, 0.3) is 0 Å². The van der Waals surface area contributed by atoms with Gasteiger partial charge in [-0.25, -0.2) is 0 Å². The number of nitrogens with one attached hydrogen (secondary N) is 1. The monoisotopic (exact) mass is 155 g/mol. The third-order valence-corrected chi connectivity index (χ3v) is 2.55. The van der Waals surface area contributed by atoms with Gasteiger partial charge in [0.2, 0.25) is 0 Å². The van der Waals surface area contributed by atoms with Crippen LogP contribution >= 0.6 is 0 Å². The van der Waals surface area contributed by atoms with Crippen LogP contribution in [0.1, 0.15) is 12.8 Å². The van der Waals surface area contributed by atoms with Gasteiger partial charge < -0.3 is 11.1 Å². The van der Waals surface area contributed by atoms with Crippen molar-refractivity contribution in [1.82, 2.24) is 10.2 Å². The van der Waals surface area contributed by atoms with E-state index < -0.39 is 0 Å². The lowest BCUT2D eigenvalue weighted by Crippen LogP contribution is -2.59. The summed E-state index contributed by atoms with van der Waals surface area (Å²) < 4.78 is 0. The van der Waals surface area contributed by atoms with Crippen LogP contribution in [0.5, 0.6) is 0 Å². The van der Waals surface area contributed by atoms with Crippen LogP contribution in [-0.4, -0.2) is 43.2 Å². The molecular formula is C8H17N3. The highest BCUT2D eigenvalue weighted by atomic mass is 15.3. The van der Waals surface area contributed by atoms with Gasteiger partial charge in [-0.3, -0.25) is 4.90 Å². The Morgan fingerprint density at radius 1 is 1.36 bits per heavy atom. The van der Waals surface area contributed by atoms with Gasteiger partial charge in [-0.05, 0) is 12.8 Å². The smallest absolute Gasteiger partial charge is 0.0323 e. The van der Waals surface area contributed by atoms with Gasteiger partial charge in [-0.15, -0.1) is 0 Å². The fourth-order valence-corrected chi connectivity index (χ4v) is 1.67. The van der Waals surface area contributed by atoms with Crippen molar-refractivity contribution in [2.24, 2.45) is 5.73 Å². The Labute approximate surface area is 67.9 Å². The predicted octanol–water partition coefficient (Wildman–Crippen LogP) is -0.619. The van der Waals surface area contributed by atoms with E-state index in [0.29, 0.717) is 0 Å². The van der Waals surface area contributed by atoms with Crippen molar-refractivity contribution < 1.29 is 0 Å². The van der Waals surface area contributed by atoms with Crippen LogP contribution in [0.4, 0.5) is 0 Å². The van der Waals surface area contributed by atoms with E-state index in [1.54, 1.807) is 0 Å². The number of likely N-dealkylation sites (tertiary alicyclic amines) is 1. The zero-order chi connectivity index (χ0) is 7.68. The standard InChI is InChI=1S/C8H17N3/c9-3-4-10-7-5-11(6-7)8-1-2-8/h7-8,10H,1-6,9H2. The predicted molar refractivity (Wildman–Crippen MR) is 45.4 cm³/mol. The Balaban J connectivity index is 1.56. The zero-order valence-electron chi connectivity index (χ0n) is 6.92. The molecule has 0 radical (unpaired) electrons. The quantitative estimate of drug-likeness (QED) is 0.568. The van der Waals surface area contributed by atoms with Crippen molar-refractivity contribution in [1.29, 1.82) is 0 Å². The summed E-state index contributed by atoms with van der Waals surface area (Å²) in [4.78, 5) is 2.56. The van der Waals surface area contributed by atoms with Crippen LogP contribution in [0.15, 0.2) is 0 Å². The first-order valence-electron chi connectivity index (χ1n) is 4.57. The van der Waals surface area contributed by atoms with Crippen molar-refractivity contribution in [2.45, 2.75) is 24.9 Å². The lowest BCUT2D eigenvalue weighted by atomic mass is 10.1. The van der Waals surface area contributed by atoms with Crippen molar-refractivity contribution in [2.75, 3.05) is 26.2 Å². The molecule has 0 atom stereocenters. The van der Waals surface area contributed by atoms with Gasteiger partial charge in [-0.2, -0.15) is 0 Å². The van der Waals surface area contributed by atoms with Crippen molar-refractivity contribution in [3.8, 4) is 0 Å². The van der Waals surface area contributed by atoms with Crippen LogP contribution < -0.4 is 11.1 Å². The molecule has 0 amide bonds. The fraction of sp³-hybridized carbons (Fsp3) is 1.00. The van der Waals surface area contributed by atoms with Gasteiger partial charge in [0.05, 0.1) is 0 Å². The minimum Gasteiger partial charge on any atom is -0.329 e.